The predicted octanol–water partition coefficient (Wildman–Crippen LogP) is 4.03. The maximum atomic E-state index is 12.2. The van der Waals surface area contributed by atoms with Crippen LogP contribution in [0.1, 0.15) is 16.1 Å². The summed E-state index contributed by atoms with van der Waals surface area (Å²) < 4.78 is 10.6. The van der Waals surface area contributed by atoms with Crippen molar-refractivity contribution in [1.29, 1.82) is 0 Å². The topological polar surface area (TPSA) is 61.3 Å². The van der Waals surface area contributed by atoms with Gasteiger partial charge in [0.15, 0.2) is 0 Å². The van der Waals surface area contributed by atoms with Crippen molar-refractivity contribution in [3.05, 3.63) is 71.9 Å². The number of ether oxygens (including phenoxy) is 2. The van der Waals surface area contributed by atoms with Gasteiger partial charge in [0, 0.05) is 5.56 Å². The Morgan fingerprint density at radius 3 is 2.17 bits per heavy atom. The SMILES string of the molecule is COC(=O)c1c(C)nc(Oc2ccccc2)nc1-c1ccccc1. The Kier molecular flexibility index (Phi) is 4.52. The quantitative estimate of drug-likeness (QED) is 0.679. The smallest absolute Gasteiger partial charge is 0.341 e. The zero-order valence-corrected chi connectivity index (χ0v) is 13.4. The maximum Gasteiger partial charge on any atom is 0.341 e. The van der Waals surface area contributed by atoms with E-state index in [1.807, 2.05) is 60.7 Å². The lowest BCUT2D eigenvalue weighted by atomic mass is 10.0. The van der Waals surface area contributed by atoms with E-state index in [9.17, 15) is 4.79 Å². The molecule has 0 unspecified atom stereocenters. The van der Waals surface area contributed by atoms with E-state index >= 15 is 0 Å². The summed E-state index contributed by atoms with van der Waals surface area (Å²) in [6.45, 7) is 1.73. The molecule has 0 spiro atoms. The van der Waals surface area contributed by atoms with E-state index in [-0.39, 0.29) is 6.01 Å². The molecule has 0 radical (unpaired) electrons. The predicted molar refractivity (Wildman–Crippen MR) is 90.1 cm³/mol. The Hall–Kier alpha value is -3.21. The zero-order valence-electron chi connectivity index (χ0n) is 13.4. The highest BCUT2D eigenvalue weighted by atomic mass is 16.5. The van der Waals surface area contributed by atoms with Gasteiger partial charge in [0.2, 0.25) is 0 Å². The van der Waals surface area contributed by atoms with Crippen LogP contribution in [0.5, 0.6) is 11.8 Å². The summed E-state index contributed by atoms with van der Waals surface area (Å²) >= 11 is 0. The Labute approximate surface area is 139 Å². The summed E-state index contributed by atoms with van der Waals surface area (Å²) in [6, 6.07) is 18.9. The zero-order chi connectivity index (χ0) is 16.9. The molecular weight excluding hydrogens is 304 g/mol. The van der Waals surface area contributed by atoms with Crippen molar-refractivity contribution in [1.82, 2.24) is 9.97 Å². The van der Waals surface area contributed by atoms with Gasteiger partial charge >= 0.3 is 12.0 Å². The van der Waals surface area contributed by atoms with Crippen LogP contribution in [0.2, 0.25) is 0 Å². The second-order valence-electron chi connectivity index (χ2n) is 5.09. The van der Waals surface area contributed by atoms with Crippen molar-refractivity contribution < 1.29 is 14.3 Å². The molecule has 5 nitrogen and oxygen atoms in total. The normalized spacial score (nSPS) is 10.2. The Balaban J connectivity index is 2.11. The minimum Gasteiger partial charge on any atom is -0.465 e. The first-order valence-electron chi connectivity index (χ1n) is 7.44. The molecule has 0 aliphatic rings. The molecule has 0 N–H and O–H groups in total. The van der Waals surface area contributed by atoms with Crippen LogP contribution in [-0.4, -0.2) is 23.0 Å². The van der Waals surface area contributed by atoms with E-state index in [2.05, 4.69) is 9.97 Å². The molecule has 1 heterocycles. The van der Waals surface area contributed by atoms with E-state index in [1.54, 1.807) is 6.92 Å². The summed E-state index contributed by atoms with van der Waals surface area (Å²) in [5, 5.41) is 0. The average Bonchev–Trinajstić information content (AvgIpc) is 2.62. The molecule has 24 heavy (non-hydrogen) atoms. The lowest BCUT2D eigenvalue weighted by Crippen LogP contribution is -2.10. The minimum absolute atomic E-state index is 0.185. The second-order valence-corrected chi connectivity index (χ2v) is 5.09. The van der Waals surface area contributed by atoms with E-state index in [4.69, 9.17) is 9.47 Å². The first-order chi connectivity index (χ1) is 11.7. The first kappa shape index (κ1) is 15.7. The third kappa shape index (κ3) is 3.25. The molecular formula is C19H16N2O3. The van der Waals surface area contributed by atoms with E-state index < -0.39 is 5.97 Å². The van der Waals surface area contributed by atoms with Crippen molar-refractivity contribution in [3.63, 3.8) is 0 Å². The van der Waals surface area contributed by atoms with Gasteiger partial charge in [0.1, 0.15) is 11.3 Å². The molecule has 0 saturated heterocycles. The average molecular weight is 320 g/mol. The van der Waals surface area contributed by atoms with Gasteiger partial charge < -0.3 is 9.47 Å². The fourth-order valence-electron chi connectivity index (χ4n) is 2.34. The first-order valence-corrected chi connectivity index (χ1v) is 7.44. The molecule has 0 aliphatic heterocycles. The number of nitrogens with zero attached hydrogens (tertiary/aromatic N) is 2. The molecule has 0 atom stereocenters. The highest BCUT2D eigenvalue weighted by Crippen LogP contribution is 2.27. The van der Waals surface area contributed by atoms with Crippen molar-refractivity contribution >= 4 is 5.97 Å². The summed E-state index contributed by atoms with van der Waals surface area (Å²) in [5.41, 5.74) is 2.12. The monoisotopic (exact) mass is 320 g/mol. The molecule has 5 heteroatoms. The number of para-hydroxylation sites is 1. The maximum absolute atomic E-state index is 12.2. The molecule has 0 bridgehead atoms. The number of benzene rings is 2. The van der Waals surface area contributed by atoms with Gasteiger partial charge in [-0.25, -0.2) is 4.79 Å². The molecule has 120 valence electrons. The van der Waals surface area contributed by atoms with Gasteiger partial charge in [-0.1, -0.05) is 48.5 Å². The van der Waals surface area contributed by atoms with Gasteiger partial charge in [-0.2, -0.15) is 9.97 Å². The third-order valence-corrected chi connectivity index (χ3v) is 3.46. The van der Waals surface area contributed by atoms with Gasteiger partial charge in [-0.15, -0.1) is 0 Å². The van der Waals surface area contributed by atoms with Gasteiger partial charge in [-0.05, 0) is 19.1 Å². The number of methoxy groups -OCH3 is 1. The molecule has 1 aromatic heterocycles. The highest BCUT2D eigenvalue weighted by molar-refractivity contribution is 5.97. The van der Waals surface area contributed by atoms with Gasteiger partial charge in [0.25, 0.3) is 0 Å². The van der Waals surface area contributed by atoms with E-state index in [0.717, 1.165) is 5.56 Å². The minimum atomic E-state index is -0.474. The fourth-order valence-corrected chi connectivity index (χ4v) is 2.34. The van der Waals surface area contributed by atoms with Crippen LogP contribution in [0.4, 0.5) is 0 Å². The van der Waals surface area contributed by atoms with E-state index in [0.29, 0.717) is 22.7 Å². The fraction of sp³-hybridized carbons (Fsp3) is 0.105. The number of hydrogen-bond donors (Lipinski definition) is 0. The van der Waals surface area contributed by atoms with Crippen LogP contribution in [-0.2, 0) is 4.74 Å². The largest absolute Gasteiger partial charge is 0.465 e. The number of carbonyl (C=O) groups excluding carboxylic acids is 1. The van der Waals surface area contributed by atoms with Crippen LogP contribution in [0.15, 0.2) is 60.7 Å². The molecule has 0 aliphatic carbocycles. The number of hydrogen-bond acceptors (Lipinski definition) is 5. The van der Waals surface area contributed by atoms with Crippen molar-refractivity contribution in [2.45, 2.75) is 6.92 Å². The van der Waals surface area contributed by atoms with Crippen molar-refractivity contribution in [3.8, 4) is 23.0 Å². The van der Waals surface area contributed by atoms with Crippen LogP contribution < -0.4 is 4.74 Å². The number of esters is 1. The molecule has 0 fully saturated rings. The number of carbonyl (C=O) groups is 1. The molecule has 0 amide bonds. The number of aromatic nitrogens is 2. The van der Waals surface area contributed by atoms with Crippen LogP contribution in [0.25, 0.3) is 11.3 Å². The summed E-state index contributed by atoms with van der Waals surface area (Å²) in [7, 11) is 1.34. The van der Waals surface area contributed by atoms with Crippen LogP contribution >= 0.6 is 0 Å². The van der Waals surface area contributed by atoms with Gasteiger partial charge in [0.05, 0.1) is 18.5 Å². The molecule has 3 rings (SSSR count). The molecule has 2 aromatic carbocycles. The van der Waals surface area contributed by atoms with Crippen LogP contribution in [0.3, 0.4) is 0 Å². The second kappa shape index (κ2) is 6.91. The van der Waals surface area contributed by atoms with Crippen LogP contribution in [0, 0.1) is 6.92 Å². The molecule has 3 aromatic rings. The Morgan fingerprint density at radius 1 is 0.917 bits per heavy atom. The standard InChI is InChI=1S/C19H16N2O3/c1-13-16(18(22)23-2)17(14-9-5-3-6-10-14)21-19(20-13)24-15-11-7-4-8-12-15/h3-12H,1-2H3. The highest BCUT2D eigenvalue weighted by Gasteiger charge is 2.21. The number of aryl methyl sites for hydroxylation is 1. The lowest BCUT2D eigenvalue weighted by Gasteiger charge is -2.12. The summed E-state index contributed by atoms with van der Waals surface area (Å²) in [6.07, 6.45) is 0. The lowest BCUT2D eigenvalue weighted by molar-refractivity contribution is 0.0599. The van der Waals surface area contributed by atoms with Crippen molar-refractivity contribution in [2.24, 2.45) is 0 Å². The summed E-state index contributed by atoms with van der Waals surface area (Å²) in [5.74, 6) is 0.152. The third-order valence-electron chi connectivity index (χ3n) is 3.46. The van der Waals surface area contributed by atoms with E-state index in [1.165, 1.54) is 7.11 Å². The Bertz CT molecular complexity index is 849. The summed E-state index contributed by atoms with van der Waals surface area (Å²) in [4.78, 5) is 20.9. The Morgan fingerprint density at radius 2 is 1.54 bits per heavy atom. The van der Waals surface area contributed by atoms with Crippen molar-refractivity contribution in [2.75, 3.05) is 7.11 Å². The van der Waals surface area contributed by atoms with Gasteiger partial charge in [-0.3, -0.25) is 0 Å². The number of rotatable bonds is 4. The molecule has 0 saturated carbocycles.